The Morgan fingerprint density at radius 2 is 2.00 bits per heavy atom. The highest BCUT2D eigenvalue weighted by molar-refractivity contribution is 5.94. The number of carbonyl (C=O) groups is 1. The van der Waals surface area contributed by atoms with Crippen LogP contribution in [-0.2, 0) is 6.54 Å². The van der Waals surface area contributed by atoms with Gasteiger partial charge < -0.3 is 16.4 Å². The Bertz CT molecular complexity index is 509. The summed E-state index contributed by atoms with van der Waals surface area (Å²) in [6.45, 7) is 9.03. The van der Waals surface area contributed by atoms with Gasteiger partial charge in [-0.2, -0.15) is 0 Å². The molecule has 0 unspecified atom stereocenters. The molecule has 1 aliphatic rings. The molecule has 5 heteroatoms. The Hall–Kier alpha value is -1.46. The number of nitrogens with two attached hydrogens (primary N) is 1. The summed E-state index contributed by atoms with van der Waals surface area (Å²) in [6.07, 6.45) is 3.46. The second kappa shape index (κ2) is 5.73. The minimum Gasteiger partial charge on any atom is -0.349 e. The molecule has 0 atom stereocenters. The van der Waals surface area contributed by atoms with E-state index in [-0.39, 0.29) is 23.0 Å². The van der Waals surface area contributed by atoms with Crippen molar-refractivity contribution in [3.63, 3.8) is 0 Å². The van der Waals surface area contributed by atoms with Crippen LogP contribution in [-0.4, -0.2) is 28.0 Å². The molecule has 0 spiro atoms. The van der Waals surface area contributed by atoms with Gasteiger partial charge in [-0.05, 0) is 52.7 Å². The van der Waals surface area contributed by atoms with E-state index < -0.39 is 0 Å². The van der Waals surface area contributed by atoms with Crippen molar-refractivity contribution >= 4 is 5.91 Å². The molecule has 1 saturated heterocycles. The van der Waals surface area contributed by atoms with Crippen LogP contribution in [0.2, 0.25) is 0 Å². The number of hydrogen-bond acceptors (Lipinski definition) is 4. The van der Waals surface area contributed by atoms with Crippen molar-refractivity contribution in [3.05, 3.63) is 29.6 Å². The maximum atomic E-state index is 12.4. The van der Waals surface area contributed by atoms with E-state index in [1.165, 1.54) is 0 Å². The third-order valence-corrected chi connectivity index (χ3v) is 3.81. The molecular weight excluding hydrogens is 264 g/mol. The van der Waals surface area contributed by atoms with Crippen LogP contribution in [0.15, 0.2) is 18.3 Å². The minimum absolute atomic E-state index is 0.0142. The zero-order valence-electron chi connectivity index (χ0n) is 13.4. The zero-order chi connectivity index (χ0) is 15.7. The molecule has 0 aliphatic carbocycles. The smallest absolute Gasteiger partial charge is 0.251 e. The molecule has 4 N–H and O–H groups in total. The summed E-state index contributed by atoms with van der Waals surface area (Å²) >= 11 is 0. The lowest BCUT2D eigenvalue weighted by molar-refractivity contribution is 0.0873. The molecule has 5 nitrogen and oxygen atoms in total. The Labute approximate surface area is 126 Å². The summed E-state index contributed by atoms with van der Waals surface area (Å²) in [7, 11) is 0. The van der Waals surface area contributed by atoms with Gasteiger partial charge >= 0.3 is 0 Å². The molecule has 1 fully saturated rings. The number of amides is 1. The fourth-order valence-electron chi connectivity index (χ4n) is 3.42. The van der Waals surface area contributed by atoms with Crippen molar-refractivity contribution < 1.29 is 4.79 Å². The number of pyridine rings is 1. The topological polar surface area (TPSA) is 80.0 Å². The zero-order valence-corrected chi connectivity index (χ0v) is 13.4. The van der Waals surface area contributed by atoms with Gasteiger partial charge in [-0.3, -0.25) is 9.78 Å². The van der Waals surface area contributed by atoms with Crippen LogP contribution in [0.25, 0.3) is 0 Å². The molecule has 1 aromatic heterocycles. The van der Waals surface area contributed by atoms with Gasteiger partial charge in [0.2, 0.25) is 0 Å². The molecule has 2 heterocycles. The van der Waals surface area contributed by atoms with Crippen molar-refractivity contribution in [2.75, 3.05) is 0 Å². The van der Waals surface area contributed by atoms with Gasteiger partial charge in [0.05, 0.1) is 5.69 Å². The Kier molecular flexibility index (Phi) is 4.35. The van der Waals surface area contributed by atoms with E-state index >= 15 is 0 Å². The Balaban J connectivity index is 2.08. The van der Waals surface area contributed by atoms with E-state index in [0.717, 1.165) is 18.5 Å². The fraction of sp³-hybridized carbons (Fsp3) is 0.625. The van der Waals surface area contributed by atoms with E-state index in [2.05, 4.69) is 43.3 Å². The summed E-state index contributed by atoms with van der Waals surface area (Å²) < 4.78 is 0. The molecule has 0 radical (unpaired) electrons. The first kappa shape index (κ1) is 15.9. The highest BCUT2D eigenvalue weighted by atomic mass is 16.1. The number of aromatic nitrogens is 1. The second-order valence-electron chi connectivity index (χ2n) is 7.21. The van der Waals surface area contributed by atoms with Crippen LogP contribution >= 0.6 is 0 Å². The van der Waals surface area contributed by atoms with Crippen LogP contribution in [0.5, 0.6) is 0 Å². The first-order valence-corrected chi connectivity index (χ1v) is 7.46. The summed E-state index contributed by atoms with van der Waals surface area (Å²) in [5.41, 5.74) is 6.96. The molecule has 1 aromatic rings. The molecule has 116 valence electrons. The van der Waals surface area contributed by atoms with Gasteiger partial charge in [0, 0.05) is 35.4 Å². The molecule has 21 heavy (non-hydrogen) atoms. The average molecular weight is 290 g/mol. The molecule has 2 rings (SSSR count). The number of carbonyl (C=O) groups excluding carboxylic acids is 1. The van der Waals surface area contributed by atoms with Gasteiger partial charge in [-0.15, -0.1) is 0 Å². The number of rotatable bonds is 3. The number of nitrogens with one attached hydrogen (secondary N) is 2. The van der Waals surface area contributed by atoms with Crippen LogP contribution in [0.4, 0.5) is 0 Å². The van der Waals surface area contributed by atoms with E-state index in [0.29, 0.717) is 12.1 Å². The largest absolute Gasteiger partial charge is 0.349 e. The average Bonchev–Trinajstić information content (AvgIpc) is 2.35. The highest BCUT2D eigenvalue weighted by Gasteiger charge is 2.38. The number of hydrogen-bond donors (Lipinski definition) is 3. The predicted molar refractivity (Wildman–Crippen MR) is 83.9 cm³/mol. The third-order valence-electron chi connectivity index (χ3n) is 3.81. The fourth-order valence-corrected chi connectivity index (χ4v) is 3.42. The van der Waals surface area contributed by atoms with Gasteiger partial charge in [-0.25, -0.2) is 0 Å². The lowest BCUT2D eigenvalue weighted by atomic mass is 9.79. The predicted octanol–water partition coefficient (Wildman–Crippen LogP) is 1.58. The van der Waals surface area contributed by atoms with Crippen molar-refractivity contribution in [1.82, 2.24) is 15.6 Å². The second-order valence-corrected chi connectivity index (χ2v) is 7.21. The highest BCUT2D eigenvalue weighted by Crippen LogP contribution is 2.28. The van der Waals surface area contributed by atoms with Crippen molar-refractivity contribution in [3.8, 4) is 0 Å². The number of nitrogens with zero attached hydrogens (tertiary/aromatic N) is 1. The first-order valence-electron chi connectivity index (χ1n) is 7.46. The normalized spacial score (nSPS) is 21.0. The van der Waals surface area contributed by atoms with E-state index in [9.17, 15) is 4.79 Å². The van der Waals surface area contributed by atoms with E-state index in [1.54, 1.807) is 18.3 Å². The molecule has 1 amide bonds. The minimum atomic E-state index is -0.0504. The molecule has 0 aromatic carbocycles. The van der Waals surface area contributed by atoms with Crippen molar-refractivity contribution in [2.45, 2.75) is 64.2 Å². The van der Waals surface area contributed by atoms with Crippen molar-refractivity contribution in [1.29, 1.82) is 0 Å². The van der Waals surface area contributed by atoms with Gasteiger partial charge in [0.15, 0.2) is 0 Å². The summed E-state index contributed by atoms with van der Waals surface area (Å²) in [6, 6.07) is 3.65. The third kappa shape index (κ3) is 4.25. The lowest BCUT2D eigenvalue weighted by Gasteiger charge is -2.46. The van der Waals surface area contributed by atoms with Crippen molar-refractivity contribution in [2.24, 2.45) is 5.73 Å². The standard InChI is InChI=1S/C16H26N4O/c1-15(2)8-13(9-16(3,4)20-15)19-14(21)11-5-6-18-12(7-11)10-17/h5-7,13,20H,8-10,17H2,1-4H3,(H,19,21). The summed E-state index contributed by atoms with van der Waals surface area (Å²) in [4.78, 5) is 16.5. The first-order chi connectivity index (χ1) is 9.71. The van der Waals surface area contributed by atoms with Crippen LogP contribution in [0.1, 0.15) is 56.6 Å². The Morgan fingerprint density at radius 1 is 1.38 bits per heavy atom. The van der Waals surface area contributed by atoms with Gasteiger partial charge in [0.1, 0.15) is 0 Å². The van der Waals surface area contributed by atoms with Crippen LogP contribution in [0, 0.1) is 0 Å². The molecule has 0 saturated carbocycles. The van der Waals surface area contributed by atoms with Gasteiger partial charge in [-0.1, -0.05) is 0 Å². The maximum Gasteiger partial charge on any atom is 0.251 e. The van der Waals surface area contributed by atoms with Crippen LogP contribution < -0.4 is 16.4 Å². The quantitative estimate of drug-likeness (QED) is 0.789. The summed E-state index contributed by atoms with van der Waals surface area (Å²) in [5.74, 6) is -0.0504. The molecular formula is C16H26N4O. The van der Waals surface area contributed by atoms with E-state index in [1.807, 2.05) is 0 Å². The molecule has 0 bridgehead atoms. The monoisotopic (exact) mass is 290 g/mol. The molecule has 1 aliphatic heterocycles. The van der Waals surface area contributed by atoms with E-state index in [4.69, 9.17) is 5.73 Å². The lowest BCUT2D eigenvalue weighted by Crippen LogP contribution is -2.62. The summed E-state index contributed by atoms with van der Waals surface area (Å²) in [5, 5.41) is 6.77. The van der Waals surface area contributed by atoms with Gasteiger partial charge in [0.25, 0.3) is 5.91 Å². The maximum absolute atomic E-state index is 12.4. The number of piperidine rings is 1. The van der Waals surface area contributed by atoms with Crippen LogP contribution in [0.3, 0.4) is 0 Å². The Morgan fingerprint density at radius 3 is 2.57 bits per heavy atom. The SMILES string of the molecule is CC1(C)CC(NC(=O)c2ccnc(CN)c2)CC(C)(C)N1.